The molecule has 20 heavy (non-hydrogen) atoms. The molecular formula is C15H26N4O. The molecule has 1 aromatic rings. The largest absolute Gasteiger partial charge is 0.352 e. The predicted octanol–water partition coefficient (Wildman–Crippen LogP) is 1.99. The van der Waals surface area contributed by atoms with Gasteiger partial charge in [0.15, 0.2) is 0 Å². The second-order valence-electron chi connectivity index (χ2n) is 5.95. The van der Waals surface area contributed by atoms with Crippen molar-refractivity contribution in [1.82, 2.24) is 20.2 Å². The van der Waals surface area contributed by atoms with Crippen molar-refractivity contribution in [1.29, 1.82) is 0 Å². The second kappa shape index (κ2) is 6.88. The number of imidazole rings is 1. The minimum absolute atomic E-state index is 0.127. The first-order valence-corrected chi connectivity index (χ1v) is 7.57. The van der Waals surface area contributed by atoms with Crippen LogP contribution in [0.15, 0.2) is 6.20 Å². The van der Waals surface area contributed by atoms with Crippen LogP contribution in [0, 0.1) is 6.92 Å². The molecule has 2 rings (SSSR count). The smallest absolute Gasteiger partial charge is 0.237 e. The average molecular weight is 278 g/mol. The summed E-state index contributed by atoms with van der Waals surface area (Å²) >= 11 is 0. The molecule has 1 aliphatic rings. The van der Waals surface area contributed by atoms with E-state index in [0.717, 1.165) is 24.4 Å². The van der Waals surface area contributed by atoms with Crippen molar-refractivity contribution in [3.8, 4) is 0 Å². The standard InChI is InChI=1S/C15H26N4O/c1-11-9-16-14(17-11)10-19(3)12(2)15(20)18-13-7-5-4-6-8-13/h9,12-13H,4-8,10H2,1-3H3,(H,16,17)(H,18,20). The van der Waals surface area contributed by atoms with Crippen LogP contribution in [0.25, 0.3) is 0 Å². The Morgan fingerprint density at radius 2 is 2.20 bits per heavy atom. The Morgan fingerprint density at radius 3 is 2.80 bits per heavy atom. The maximum absolute atomic E-state index is 12.3. The molecule has 1 aromatic heterocycles. The zero-order chi connectivity index (χ0) is 14.5. The lowest BCUT2D eigenvalue weighted by atomic mass is 9.95. The first-order chi connectivity index (χ1) is 9.56. The van der Waals surface area contributed by atoms with Gasteiger partial charge in [0.2, 0.25) is 5.91 Å². The van der Waals surface area contributed by atoms with Crippen molar-refractivity contribution in [3.63, 3.8) is 0 Å². The fourth-order valence-electron chi connectivity index (χ4n) is 2.69. The summed E-state index contributed by atoms with van der Waals surface area (Å²) in [5.74, 6) is 1.03. The Kier molecular flexibility index (Phi) is 5.17. The lowest BCUT2D eigenvalue weighted by molar-refractivity contribution is -0.126. The number of nitrogens with zero attached hydrogens (tertiary/aromatic N) is 2. The van der Waals surface area contributed by atoms with E-state index in [1.54, 1.807) is 0 Å². The first-order valence-electron chi connectivity index (χ1n) is 7.57. The van der Waals surface area contributed by atoms with Crippen molar-refractivity contribution in [2.45, 2.75) is 64.6 Å². The van der Waals surface area contributed by atoms with Crippen LogP contribution in [-0.4, -0.2) is 39.9 Å². The van der Waals surface area contributed by atoms with Crippen LogP contribution in [0.1, 0.15) is 50.5 Å². The fraction of sp³-hybridized carbons (Fsp3) is 0.733. The topological polar surface area (TPSA) is 61.0 Å². The number of aryl methyl sites for hydroxylation is 1. The van der Waals surface area contributed by atoms with Gasteiger partial charge in [0.05, 0.1) is 12.6 Å². The van der Waals surface area contributed by atoms with Crippen molar-refractivity contribution in [2.24, 2.45) is 0 Å². The number of H-pyrrole nitrogens is 1. The van der Waals surface area contributed by atoms with Crippen LogP contribution >= 0.6 is 0 Å². The molecule has 1 fully saturated rings. The summed E-state index contributed by atoms with van der Waals surface area (Å²) in [6, 6.07) is 0.236. The van der Waals surface area contributed by atoms with Crippen molar-refractivity contribution < 1.29 is 4.79 Å². The fourth-order valence-corrected chi connectivity index (χ4v) is 2.69. The summed E-state index contributed by atoms with van der Waals surface area (Å²) in [4.78, 5) is 21.8. The molecule has 1 unspecified atom stereocenters. The Hall–Kier alpha value is -1.36. The van der Waals surface area contributed by atoms with Gasteiger partial charge in [0.25, 0.3) is 0 Å². The van der Waals surface area contributed by atoms with Crippen LogP contribution in [0.3, 0.4) is 0 Å². The van der Waals surface area contributed by atoms with Gasteiger partial charge in [0.1, 0.15) is 5.82 Å². The molecule has 112 valence electrons. The van der Waals surface area contributed by atoms with Crippen molar-refractivity contribution in [3.05, 3.63) is 17.7 Å². The molecule has 0 aromatic carbocycles. The van der Waals surface area contributed by atoms with Gasteiger partial charge < -0.3 is 10.3 Å². The van der Waals surface area contributed by atoms with Gasteiger partial charge in [-0.3, -0.25) is 9.69 Å². The molecular weight excluding hydrogens is 252 g/mol. The number of amides is 1. The number of hydrogen-bond acceptors (Lipinski definition) is 3. The van der Waals surface area contributed by atoms with Gasteiger partial charge >= 0.3 is 0 Å². The van der Waals surface area contributed by atoms with Crippen LogP contribution in [0.2, 0.25) is 0 Å². The van der Waals surface area contributed by atoms with E-state index < -0.39 is 0 Å². The molecule has 1 atom stereocenters. The van der Waals surface area contributed by atoms with Gasteiger partial charge in [-0.05, 0) is 33.7 Å². The highest BCUT2D eigenvalue weighted by atomic mass is 16.2. The van der Waals surface area contributed by atoms with Crippen LogP contribution in [0.5, 0.6) is 0 Å². The Labute approximate surface area is 121 Å². The first kappa shape index (κ1) is 15.0. The van der Waals surface area contributed by atoms with E-state index in [9.17, 15) is 4.79 Å². The van der Waals surface area contributed by atoms with E-state index in [2.05, 4.69) is 15.3 Å². The third kappa shape index (κ3) is 4.07. The van der Waals surface area contributed by atoms with Gasteiger partial charge in [-0.25, -0.2) is 4.98 Å². The Balaban J connectivity index is 1.82. The lowest BCUT2D eigenvalue weighted by Gasteiger charge is -2.28. The van der Waals surface area contributed by atoms with E-state index in [1.165, 1.54) is 19.3 Å². The van der Waals surface area contributed by atoms with E-state index in [1.807, 2.05) is 32.0 Å². The highest BCUT2D eigenvalue weighted by Crippen LogP contribution is 2.17. The highest BCUT2D eigenvalue weighted by Gasteiger charge is 2.22. The molecule has 0 saturated heterocycles. The number of nitrogens with one attached hydrogen (secondary N) is 2. The summed E-state index contributed by atoms with van der Waals surface area (Å²) in [7, 11) is 1.96. The molecule has 1 amide bonds. The van der Waals surface area contributed by atoms with E-state index in [4.69, 9.17) is 0 Å². The zero-order valence-electron chi connectivity index (χ0n) is 12.8. The molecule has 2 N–H and O–H groups in total. The summed E-state index contributed by atoms with van der Waals surface area (Å²) < 4.78 is 0. The molecule has 1 aliphatic carbocycles. The SMILES string of the molecule is Cc1cnc(CN(C)C(C)C(=O)NC2CCCCC2)[nH]1. The summed E-state index contributed by atoms with van der Waals surface area (Å²) in [5.41, 5.74) is 1.05. The van der Waals surface area contributed by atoms with Crippen LogP contribution in [-0.2, 0) is 11.3 Å². The molecule has 1 saturated carbocycles. The van der Waals surface area contributed by atoms with E-state index in [-0.39, 0.29) is 11.9 Å². The highest BCUT2D eigenvalue weighted by molar-refractivity contribution is 5.81. The zero-order valence-corrected chi connectivity index (χ0v) is 12.8. The van der Waals surface area contributed by atoms with Crippen molar-refractivity contribution >= 4 is 5.91 Å². The molecule has 0 spiro atoms. The molecule has 0 aliphatic heterocycles. The van der Waals surface area contributed by atoms with Gasteiger partial charge in [-0.2, -0.15) is 0 Å². The Bertz CT molecular complexity index is 437. The number of hydrogen-bond donors (Lipinski definition) is 2. The third-order valence-electron chi connectivity index (χ3n) is 4.15. The minimum Gasteiger partial charge on any atom is -0.352 e. The quantitative estimate of drug-likeness (QED) is 0.866. The number of carbonyl (C=O) groups is 1. The number of likely N-dealkylation sites (N-methyl/N-ethyl adjacent to an activating group) is 1. The van der Waals surface area contributed by atoms with Crippen LogP contribution in [0.4, 0.5) is 0 Å². The monoisotopic (exact) mass is 278 g/mol. The summed E-state index contributed by atoms with van der Waals surface area (Å²) in [6.07, 6.45) is 7.84. The predicted molar refractivity (Wildman–Crippen MR) is 79.3 cm³/mol. The molecule has 0 radical (unpaired) electrons. The Morgan fingerprint density at radius 1 is 1.50 bits per heavy atom. The van der Waals surface area contributed by atoms with Gasteiger partial charge in [-0.15, -0.1) is 0 Å². The van der Waals surface area contributed by atoms with Crippen LogP contribution < -0.4 is 5.32 Å². The summed E-state index contributed by atoms with van der Waals surface area (Å²) in [6.45, 7) is 4.59. The molecule has 5 nitrogen and oxygen atoms in total. The summed E-state index contributed by atoms with van der Waals surface area (Å²) in [5, 5.41) is 3.18. The average Bonchev–Trinajstić information content (AvgIpc) is 2.84. The number of carbonyl (C=O) groups excluding carboxylic acids is 1. The third-order valence-corrected chi connectivity index (χ3v) is 4.15. The molecule has 5 heteroatoms. The maximum Gasteiger partial charge on any atom is 0.237 e. The minimum atomic E-state index is -0.137. The lowest BCUT2D eigenvalue weighted by Crippen LogP contribution is -2.47. The maximum atomic E-state index is 12.3. The van der Waals surface area contributed by atoms with E-state index in [0.29, 0.717) is 12.6 Å². The van der Waals surface area contributed by atoms with Crippen molar-refractivity contribution in [2.75, 3.05) is 7.05 Å². The number of rotatable bonds is 5. The molecule has 0 bridgehead atoms. The normalized spacial score (nSPS) is 18.2. The second-order valence-corrected chi connectivity index (χ2v) is 5.95. The van der Waals surface area contributed by atoms with Gasteiger partial charge in [0, 0.05) is 17.9 Å². The van der Waals surface area contributed by atoms with Gasteiger partial charge in [-0.1, -0.05) is 19.3 Å². The number of aromatic nitrogens is 2. The molecule has 1 heterocycles. The van der Waals surface area contributed by atoms with E-state index >= 15 is 0 Å². The number of aromatic amines is 1.